The fraction of sp³-hybridized carbons (Fsp3) is 0.941. The molecule has 0 saturated heterocycles. The molecule has 0 unspecified atom stereocenters. The van der Waals surface area contributed by atoms with Crippen LogP contribution in [0.15, 0.2) is 0 Å². The Bertz CT molecular complexity index is 378. The Morgan fingerprint density at radius 3 is 1.95 bits per heavy atom. The number of rotatable bonds is 3. The summed E-state index contributed by atoms with van der Waals surface area (Å²) < 4.78 is 0. The van der Waals surface area contributed by atoms with Crippen molar-refractivity contribution in [1.82, 2.24) is 5.32 Å². The summed E-state index contributed by atoms with van der Waals surface area (Å²) in [5.41, 5.74) is -0.0988. The van der Waals surface area contributed by atoms with Gasteiger partial charge in [0.1, 0.15) is 0 Å². The summed E-state index contributed by atoms with van der Waals surface area (Å²) in [6.45, 7) is 0. The Balaban J connectivity index is 1.53. The Morgan fingerprint density at radius 2 is 1.50 bits per heavy atom. The van der Waals surface area contributed by atoms with Crippen LogP contribution in [0.25, 0.3) is 0 Å². The molecule has 0 aromatic rings. The first-order valence-corrected chi connectivity index (χ1v) is 9.05. The highest BCUT2D eigenvalue weighted by atomic mass is 35.5. The topological polar surface area (TPSA) is 29.1 Å². The third-order valence-electron chi connectivity index (χ3n) is 6.72. The van der Waals surface area contributed by atoms with E-state index in [4.69, 9.17) is 11.6 Å². The molecule has 112 valence electrons. The standard InChI is InChI=1S/C17H26ClNO/c18-11-17(3-1-2-4-17)19-15(20)16-8-12-5-13(9-16)7-14(6-12)10-16/h12-14H,1-11H2,(H,19,20). The van der Waals surface area contributed by atoms with Gasteiger partial charge in [0.05, 0.1) is 5.54 Å². The van der Waals surface area contributed by atoms with E-state index in [-0.39, 0.29) is 11.0 Å². The van der Waals surface area contributed by atoms with Crippen molar-refractivity contribution in [3.8, 4) is 0 Å². The maximum Gasteiger partial charge on any atom is 0.226 e. The Kier molecular flexibility index (Phi) is 3.11. The molecule has 1 N–H and O–H groups in total. The maximum absolute atomic E-state index is 13.0. The average molecular weight is 296 g/mol. The van der Waals surface area contributed by atoms with Gasteiger partial charge in [-0.25, -0.2) is 0 Å². The minimum absolute atomic E-state index is 0.0175. The summed E-state index contributed by atoms with van der Waals surface area (Å²) in [4.78, 5) is 13.0. The highest BCUT2D eigenvalue weighted by Crippen LogP contribution is 2.60. The van der Waals surface area contributed by atoms with Gasteiger partial charge in [0, 0.05) is 11.3 Å². The fourth-order valence-electron chi connectivity index (χ4n) is 6.11. The first-order valence-electron chi connectivity index (χ1n) is 8.52. The lowest BCUT2D eigenvalue weighted by molar-refractivity contribution is -0.148. The van der Waals surface area contributed by atoms with E-state index in [0.717, 1.165) is 49.9 Å². The molecule has 3 heteroatoms. The van der Waals surface area contributed by atoms with Crippen molar-refractivity contribution in [2.24, 2.45) is 23.2 Å². The molecule has 0 atom stereocenters. The van der Waals surface area contributed by atoms with E-state index in [9.17, 15) is 4.79 Å². The molecule has 5 fully saturated rings. The van der Waals surface area contributed by atoms with Crippen molar-refractivity contribution in [2.45, 2.75) is 69.7 Å². The first kappa shape index (κ1) is 13.4. The number of carbonyl (C=O) groups is 1. The molecule has 4 bridgehead atoms. The summed E-state index contributed by atoms with van der Waals surface area (Å²) >= 11 is 6.20. The molecular formula is C17H26ClNO. The molecule has 0 radical (unpaired) electrons. The van der Waals surface area contributed by atoms with Crippen molar-refractivity contribution in [3.63, 3.8) is 0 Å². The first-order chi connectivity index (χ1) is 9.63. The van der Waals surface area contributed by atoms with E-state index in [1.807, 2.05) is 0 Å². The van der Waals surface area contributed by atoms with Crippen LogP contribution in [0.3, 0.4) is 0 Å². The zero-order valence-electron chi connectivity index (χ0n) is 12.3. The van der Waals surface area contributed by atoms with E-state index in [2.05, 4.69) is 5.32 Å². The summed E-state index contributed by atoms with van der Waals surface area (Å²) in [7, 11) is 0. The summed E-state index contributed by atoms with van der Waals surface area (Å²) in [6.07, 6.45) is 12.2. The lowest BCUT2D eigenvalue weighted by Crippen LogP contribution is -2.58. The number of amides is 1. The quantitative estimate of drug-likeness (QED) is 0.787. The minimum Gasteiger partial charge on any atom is -0.349 e. The Labute approximate surface area is 127 Å². The smallest absolute Gasteiger partial charge is 0.226 e. The molecule has 5 saturated carbocycles. The molecule has 5 aliphatic carbocycles. The summed E-state index contributed by atoms with van der Waals surface area (Å²) in [6, 6.07) is 0. The van der Waals surface area contributed by atoms with E-state index >= 15 is 0 Å². The van der Waals surface area contributed by atoms with Gasteiger partial charge < -0.3 is 5.32 Å². The largest absolute Gasteiger partial charge is 0.349 e. The second kappa shape index (κ2) is 4.63. The summed E-state index contributed by atoms with van der Waals surface area (Å²) in [5, 5.41) is 3.43. The molecule has 2 nitrogen and oxygen atoms in total. The van der Waals surface area contributed by atoms with Crippen molar-refractivity contribution in [3.05, 3.63) is 0 Å². The fourth-order valence-corrected chi connectivity index (χ4v) is 6.44. The number of alkyl halides is 1. The lowest BCUT2D eigenvalue weighted by atomic mass is 9.49. The van der Waals surface area contributed by atoms with Crippen molar-refractivity contribution < 1.29 is 4.79 Å². The van der Waals surface area contributed by atoms with Gasteiger partial charge in [0.25, 0.3) is 0 Å². The monoisotopic (exact) mass is 295 g/mol. The van der Waals surface area contributed by atoms with Crippen LogP contribution in [0.2, 0.25) is 0 Å². The number of halogens is 1. The molecule has 5 aliphatic rings. The van der Waals surface area contributed by atoms with Gasteiger partial charge in [-0.3, -0.25) is 4.79 Å². The van der Waals surface area contributed by atoms with E-state index < -0.39 is 0 Å². The van der Waals surface area contributed by atoms with Crippen LogP contribution < -0.4 is 5.32 Å². The van der Waals surface area contributed by atoms with E-state index in [1.54, 1.807) is 0 Å². The second-order valence-corrected chi connectivity index (χ2v) is 8.54. The third kappa shape index (κ3) is 2.01. The normalized spacial score (nSPS) is 44.8. The molecule has 20 heavy (non-hydrogen) atoms. The predicted octanol–water partition coefficient (Wildman–Crippen LogP) is 3.87. The average Bonchev–Trinajstić information content (AvgIpc) is 2.86. The Morgan fingerprint density at radius 1 is 1.00 bits per heavy atom. The lowest BCUT2D eigenvalue weighted by Gasteiger charge is -2.56. The molecule has 1 amide bonds. The van der Waals surface area contributed by atoms with Crippen LogP contribution in [-0.2, 0) is 4.79 Å². The molecule has 0 aromatic heterocycles. The Hall–Kier alpha value is -0.240. The second-order valence-electron chi connectivity index (χ2n) is 8.27. The highest BCUT2D eigenvalue weighted by molar-refractivity contribution is 6.18. The predicted molar refractivity (Wildman–Crippen MR) is 80.7 cm³/mol. The van der Waals surface area contributed by atoms with Gasteiger partial charge in [-0.1, -0.05) is 12.8 Å². The van der Waals surface area contributed by atoms with E-state index in [1.165, 1.54) is 32.1 Å². The maximum atomic E-state index is 13.0. The number of hydrogen-bond acceptors (Lipinski definition) is 1. The third-order valence-corrected chi connectivity index (χ3v) is 7.23. The van der Waals surface area contributed by atoms with Crippen LogP contribution in [0.4, 0.5) is 0 Å². The van der Waals surface area contributed by atoms with Crippen molar-refractivity contribution in [1.29, 1.82) is 0 Å². The molecule has 0 aromatic carbocycles. The van der Waals surface area contributed by atoms with Gasteiger partial charge in [-0.2, -0.15) is 0 Å². The van der Waals surface area contributed by atoms with Crippen molar-refractivity contribution >= 4 is 17.5 Å². The van der Waals surface area contributed by atoms with E-state index in [0.29, 0.717) is 11.8 Å². The molecule has 0 aliphatic heterocycles. The van der Waals surface area contributed by atoms with Crippen LogP contribution in [-0.4, -0.2) is 17.3 Å². The van der Waals surface area contributed by atoms with Crippen LogP contribution in [0.5, 0.6) is 0 Å². The van der Waals surface area contributed by atoms with Gasteiger partial charge in [0.2, 0.25) is 5.91 Å². The van der Waals surface area contributed by atoms with Crippen LogP contribution in [0.1, 0.15) is 64.2 Å². The zero-order chi connectivity index (χ0) is 13.8. The van der Waals surface area contributed by atoms with Crippen LogP contribution in [0, 0.1) is 23.2 Å². The SMILES string of the molecule is O=C(NC1(CCl)CCCC1)C12CC3CC(CC(C3)C1)C2. The van der Waals surface area contributed by atoms with Crippen LogP contribution >= 0.6 is 11.6 Å². The van der Waals surface area contributed by atoms with Gasteiger partial charge in [-0.15, -0.1) is 11.6 Å². The number of nitrogens with one attached hydrogen (secondary N) is 1. The van der Waals surface area contributed by atoms with Gasteiger partial charge in [0.15, 0.2) is 0 Å². The van der Waals surface area contributed by atoms with Crippen molar-refractivity contribution in [2.75, 3.05) is 5.88 Å². The minimum atomic E-state index is -0.0814. The van der Waals surface area contributed by atoms with Gasteiger partial charge >= 0.3 is 0 Å². The molecular weight excluding hydrogens is 270 g/mol. The number of hydrogen-bond donors (Lipinski definition) is 1. The number of carbonyl (C=O) groups excluding carboxylic acids is 1. The summed E-state index contributed by atoms with van der Waals surface area (Å²) in [5.74, 6) is 3.46. The highest BCUT2D eigenvalue weighted by Gasteiger charge is 2.55. The molecule has 5 rings (SSSR count). The molecule has 0 spiro atoms. The molecule has 0 heterocycles. The van der Waals surface area contributed by atoms with Gasteiger partial charge in [-0.05, 0) is 69.1 Å². The zero-order valence-corrected chi connectivity index (χ0v) is 13.1.